The summed E-state index contributed by atoms with van der Waals surface area (Å²) in [6, 6.07) is 0. The van der Waals surface area contributed by atoms with E-state index in [-0.39, 0.29) is 0 Å². The van der Waals surface area contributed by atoms with Crippen LogP contribution in [-0.2, 0) is 0 Å². The van der Waals surface area contributed by atoms with Crippen molar-refractivity contribution in [3.8, 4) is 0 Å². The number of aliphatic imine (C=N–C) groups is 1. The molecule has 0 spiro atoms. The van der Waals surface area contributed by atoms with Crippen LogP contribution < -0.4 is 0 Å². The van der Waals surface area contributed by atoms with E-state index in [0.717, 1.165) is 18.0 Å². The minimum atomic E-state index is 0.474. The maximum Gasteiger partial charge on any atom is 0.0717 e. The van der Waals surface area contributed by atoms with Crippen molar-refractivity contribution in [1.29, 1.82) is 0 Å². The highest BCUT2D eigenvalue weighted by molar-refractivity contribution is 6.19. The van der Waals surface area contributed by atoms with E-state index in [9.17, 15) is 0 Å². The fraction of sp³-hybridized carbons (Fsp3) is 0.222. The molecule has 2 aliphatic rings. The summed E-state index contributed by atoms with van der Waals surface area (Å²) in [5, 5.41) is 0. The highest BCUT2D eigenvalue weighted by atomic mass is 35.5. The Labute approximate surface area is 76.5 Å². The van der Waals surface area contributed by atoms with Crippen LogP contribution in [0.1, 0.15) is 0 Å². The van der Waals surface area contributed by atoms with Crippen LogP contribution in [0.3, 0.4) is 0 Å². The Morgan fingerprint density at radius 3 is 3.25 bits per heavy atom. The fourth-order valence-corrected chi connectivity index (χ4v) is 1.38. The van der Waals surface area contributed by atoms with Crippen molar-refractivity contribution in [3.05, 3.63) is 36.3 Å². The van der Waals surface area contributed by atoms with Gasteiger partial charge < -0.3 is 4.90 Å². The molecule has 2 bridgehead atoms. The third-order valence-corrected chi connectivity index (χ3v) is 2.03. The van der Waals surface area contributed by atoms with Gasteiger partial charge in [0, 0.05) is 12.4 Å². The summed E-state index contributed by atoms with van der Waals surface area (Å²) in [7, 11) is 0. The van der Waals surface area contributed by atoms with Crippen LogP contribution >= 0.6 is 11.6 Å². The number of hydrogen-bond donors (Lipinski definition) is 0. The van der Waals surface area contributed by atoms with Crippen LogP contribution in [0.2, 0.25) is 0 Å². The number of fused-ring (bicyclic) bond motifs is 2. The van der Waals surface area contributed by atoms with E-state index in [1.807, 2.05) is 30.6 Å². The monoisotopic (exact) mass is 180 g/mol. The molecule has 62 valence electrons. The number of alkyl halides is 1. The Bertz CT molecular complexity index is 300. The van der Waals surface area contributed by atoms with Crippen LogP contribution in [0, 0.1) is 0 Å². The molecule has 2 rings (SSSR count). The molecule has 12 heavy (non-hydrogen) atoms. The van der Waals surface area contributed by atoms with E-state index in [0.29, 0.717) is 5.88 Å². The van der Waals surface area contributed by atoms with E-state index >= 15 is 0 Å². The number of allylic oxidation sites excluding steroid dienone is 3. The van der Waals surface area contributed by atoms with Gasteiger partial charge in [-0.3, -0.25) is 4.99 Å². The van der Waals surface area contributed by atoms with Gasteiger partial charge in [0.1, 0.15) is 0 Å². The zero-order valence-corrected chi connectivity index (χ0v) is 7.33. The Morgan fingerprint density at radius 1 is 1.50 bits per heavy atom. The zero-order chi connectivity index (χ0) is 8.39. The number of rotatable bonds is 1. The Balaban J connectivity index is 2.34. The molecule has 2 nitrogen and oxygen atoms in total. The van der Waals surface area contributed by atoms with Gasteiger partial charge in [-0.15, -0.1) is 11.6 Å². The van der Waals surface area contributed by atoms with Crippen LogP contribution in [0.25, 0.3) is 0 Å². The molecule has 0 aromatic rings. The first-order valence-corrected chi connectivity index (χ1v) is 4.37. The summed E-state index contributed by atoms with van der Waals surface area (Å²) in [5.41, 5.74) is 1.99. The zero-order valence-electron chi connectivity index (χ0n) is 6.57. The van der Waals surface area contributed by atoms with E-state index < -0.39 is 0 Å². The molecule has 3 heteroatoms. The third-order valence-electron chi connectivity index (χ3n) is 1.76. The molecule has 0 unspecified atom stereocenters. The van der Waals surface area contributed by atoms with Gasteiger partial charge in [-0.25, -0.2) is 0 Å². The molecule has 0 aromatic heterocycles. The van der Waals surface area contributed by atoms with Crippen molar-refractivity contribution in [2.24, 2.45) is 4.99 Å². The molecular weight excluding hydrogens is 172 g/mol. The van der Waals surface area contributed by atoms with Crippen molar-refractivity contribution in [3.63, 3.8) is 0 Å². The summed E-state index contributed by atoms with van der Waals surface area (Å²) < 4.78 is 0. The second kappa shape index (κ2) is 3.15. The lowest BCUT2D eigenvalue weighted by Gasteiger charge is -2.19. The minimum Gasteiger partial charge on any atom is -0.346 e. The van der Waals surface area contributed by atoms with Crippen LogP contribution in [-0.4, -0.2) is 23.0 Å². The van der Waals surface area contributed by atoms with Gasteiger partial charge >= 0.3 is 0 Å². The minimum absolute atomic E-state index is 0.474. The molecule has 0 aromatic carbocycles. The van der Waals surface area contributed by atoms with Gasteiger partial charge in [0.15, 0.2) is 0 Å². The Morgan fingerprint density at radius 2 is 2.42 bits per heavy atom. The lowest BCUT2D eigenvalue weighted by Crippen LogP contribution is -2.22. The molecule has 2 heterocycles. The number of halogens is 1. The lowest BCUT2D eigenvalue weighted by molar-refractivity contribution is 0.569. The molecule has 0 fully saturated rings. The smallest absolute Gasteiger partial charge is 0.0717 e. The molecule has 0 aliphatic carbocycles. The average Bonchev–Trinajstić information content (AvgIpc) is 2.27. The fourth-order valence-electron chi connectivity index (χ4n) is 1.25. The van der Waals surface area contributed by atoms with Crippen molar-refractivity contribution in [2.45, 2.75) is 0 Å². The van der Waals surface area contributed by atoms with Gasteiger partial charge in [0.05, 0.1) is 23.8 Å². The van der Waals surface area contributed by atoms with Crippen molar-refractivity contribution in [2.75, 3.05) is 12.4 Å². The van der Waals surface area contributed by atoms with Gasteiger partial charge in [-0.1, -0.05) is 6.08 Å². The van der Waals surface area contributed by atoms with E-state index in [1.54, 1.807) is 0 Å². The van der Waals surface area contributed by atoms with E-state index in [1.165, 1.54) is 0 Å². The number of nitrogens with zero attached hydrogens (tertiary/aromatic N) is 2. The molecule has 0 radical (unpaired) electrons. The van der Waals surface area contributed by atoms with Gasteiger partial charge in [-0.05, 0) is 12.2 Å². The first kappa shape index (κ1) is 7.62. The molecule has 2 aliphatic heterocycles. The van der Waals surface area contributed by atoms with Crippen molar-refractivity contribution in [1.82, 2.24) is 4.90 Å². The second-order valence-electron chi connectivity index (χ2n) is 2.73. The summed E-state index contributed by atoms with van der Waals surface area (Å²) in [6.45, 7) is 0.855. The first-order valence-electron chi connectivity index (χ1n) is 3.83. The highest BCUT2D eigenvalue weighted by Crippen LogP contribution is 2.12. The molecule has 0 saturated heterocycles. The molecule has 0 amide bonds. The average molecular weight is 181 g/mol. The maximum atomic E-state index is 5.70. The lowest BCUT2D eigenvalue weighted by atomic mass is 10.3. The maximum absolute atomic E-state index is 5.70. The van der Waals surface area contributed by atoms with Crippen LogP contribution in [0.5, 0.6) is 0 Å². The SMILES string of the molecule is ClCC1=CN2C=CC=CC(=N1)C2. The predicted octanol–water partition coefficient (Wildman–Crippen LogP) is 1.91. The molecule has 0 saturated carbocycles. The second-order valence-corrected chi connectivity index (χ2v) is 3.00. The quantitative estimate of drug-likeness (QED) is 0.563. The summed E-state index contributed by atoms with van der Waals surface area (Å²) in [4.78, 5) is 6.44. The normalized spacial score (nSPS) is 20.2. The van der Waals surface area contributed by atoms with Crippen LogP contribution in [0.15, 0.2) is 41.3 Å². The van der Waals surface area contributed by atoms with Crippen molar-refractivity contribution >= 4 is 17.3 Å². The van der Waals surface area contributed by atoms with Gasteiger partial charge in [0.2, 0.25) is 0 Å². The summed E-state index contributed by atoms with van der Waals surface area (Å²) in [5.74, 6) is 0.474. The topological polar surface area (TPSA) is 15.6 Å². The Hall–Kier alpha value is -1.02. The van der Waals surface area contributed by atoms with E-state index in [2.05, 4.69) is 9.89 Å². The standard InChI is InChI=1S/C9H9ClN2/c10-5-9-7-12-4-2-1-3-8(6-12)11-9/h1-4,7H,5-6H2. The van der Waals surface area contributed by atoms with Gasteiger partial charge in [0.25, 0.3) is 0 Å². The Kier molecular flexibility index (Phi) is 2.00. The third kappa shape index (κ3) is 1.43. The first-order chi connectivity index (χ1) is 5.88. The van der Waals surface area contributed by atoms with Gasteiger partial charge in [-0.2, -0.15) is 0 Å². The summed E-state index contributed by atoms with van der Waals surface area (Å²) in [6.07, 6.45) is 9.99. The van der Waals surface area contributed by atoms with Crippen molar-refractivity contribution < 1.29 is 0 Å². The molecule has 0 N–H and O–H groups in total. The highest BCUT2D eigenvalue weighted by Gasteiger charge is 2.10. The van der Waals surface area contributed by atoms with Crippen LogP contribution in [0.4, 0.5) is 0 Å². The molecular formula is C9H9ClN2. The molecule has 0 atom stereocenters. The number of hydrogen-bond acceptors (Lipinski definition) is 2. The predicted molar refractivity (Wildman–Crippen MR) is 51.2 cm³/mol. The largest absolute Gasteiger partial charge is 0.346 e. The summed E-state index contributed by atoms with van der Waals surface area (Å²) >= 11 is 5.70. The van der Waals surface area contributed by atoms with E-state index in [4.69, 9.17) is 11.6 Å².